The molecule has 1 N–H and O–H groups in total. The molecule has 0 fully saturated rings. The van der Waals surface area contributed by atoms with Crippen molar-refractivity contribution < 1.29 is 4.79 Å². The molecule has 1 aromatic heterocycles. The summed E-state index contributed by atoms with van der Waals surface area (Å²) in [7, 11) is 0. The molecule has 5 heteroatoms. The fourth-order valence-electron chi connectivity index (χ4n) is 1.43. The highest BCUT2D eigenvalue weighted by Gasteiger charge is 1.99. The van der Waals surface area contributed by atoms with E-state index in [0.29, 0.717) is 11.3 Å². The topological polar surface area (TPSA) is 65.8 Å². The Morgan fingerprint density at radius 1 is 1.42 bits per heavy atom. The second kappa shape index (κ2) is 5.94. The predicted octanol–water partition coefficient (Wildman–Crippen LogP) is 2.98. The summed E-state index contributed by atoms with van der Waals surface area (Å²) in [4.78, 5) is 15.9. The maximum atomic E-state index is 11.7. The lowest BCUT2D eigenvalue weighted by molar-refractivity contribution is -0.111. The van der Waals surface area contributed by atoms with Crippen molar-refractivity contribution >= 4 is 29.0 Å². The van der Waals surface area contributed by atoms with E-state index in [2.05, 4.69) is 10.3 Å². The Bertz CT molecular complexity index is 650. The van der Waals surface area contributed by atoms with Gasteiger partial charge in [-0.05, 0) is 37.3 Å². The van der Waals surface area contributed by atoms with Gasteiger partial charge in [0.2, 0.25) is 5.91 Å². The number of nitriles is 1. The standard InChI is InChI=1S/C14H11N3OS/c1-10-16-13(9-19-10)6-7-14(18)17-12-4-2-11(8-15)3-5-12/h2-7,9H,1H3,(H,17,18)/b7-6+. The van der Waals surface area contributed by atoms with Crippen LogP contribution in [0, 0.1) is 18.3 Å². The summed E-state index contributed by atoms with van der Waals surface area (Å²) < 4.78 is 0. The van der Waals surface area contributed by atoms with Crippen molar-refractivity contribution in [1.29, 1.82) is 5.26 Å². The van der Waals surface area contributed by atoms with Gasteiger partial charge in [0.15, 0.2) is 0 Å². The zero-order valence-electron chi connectivity index (χ0n) is 10.3. The fraction of sp³-hybridized carbons (Fsp3) is 0.0714. The lowest BCUT2D eigenvalue weighted by Gasteiger charge is -2.01. The van der Waals surface area contributed by atoms with E-state index in [1.165, 1.54) is 17.4 Å². The molecule has 1 heterocycles. The average molecular weight is 269 g/mol. The fourth-order valence-corrected chi connectivity index (χ4v) is 2.01. The maximum Gasteiger partial charge on any atom is 0.248 e. The molecule has 0 aliphatic rings. The normalized spacial score (nSPS) is 10.3. The summed E-state index contributed by atoms with van der Waals surface area (Å²) in [5, 5.41) is 14.2. The third-order valence-corrected chi connectivity index (χ3v) is 3.12. The second-order valence-electron chi connectivity index (χ2n) is 3.80. The largest absolute Gasteiger partial charge is 0.323 e. The number of nitrogens with one attached hydrogen (secondary N) is 1. The smallest absolute Gasteiger partial charge is 0.248 e. The zero-order valence-corrected chi connectivity index (χ0v) is 11.1. The summed E-state index contributed by atoms with van der Waals surface area (Å²) in [6.07, 6.45) is 3.11. The van der Waals surface area contributed by atoms with Crippen LogP contribution in [-0.4, -0.2) is 10.9 Å². The number of aryl methyl sites for hydroxylation is 1. The highest BCUT2D eigenvalue weighted by atomic mass is 32.1. The minimum absolute atomic E-state index is 0.227. The number of aromatic nitrogens is 1. The third-order valence-electron chi connectivity index (χ3n) is 2.32. The van der Waals surface area contributed by atoms with Crippen LogP contribution >= 0.6 is 11.3 Å². The highest BCUT2D eigenvalue weighted by molar-refractivity contribution is 7.09. The molecular weight excluding hydrogens is 258 g/mol. The number of rotatable bonds is 3. The summed E-state index contributed by atoms with van der Waals surface area (Å²) in [5.74, 6) is -0.227. The van der Waals surface area contributed by atoms with Crippen LogP contribution in [0.5, 0.6) is 0 Å². The Hall–Kier alpha value is -2.45. The van der Waals surface area contributed by atoms with E-state index in [4.69, 9.17) is 5.26 Å². The van der Waals surface area contributed by atoms with E-state index in [0.717, 1.165) is 10.7 Å². The molecule has 4 nitrogen and oxygen atoms in total. The number of hydrogen-bond acceptors (Lipinski definition) is 4. The van der Waals surface area contributed by atoms with Crippen LogP contribution in [-0.2, 0) is 4.79 Å². The predicted molar refractivity (Wildman–Crippen MR) is 75.7 cm³/mol. The van der Waals surface area contributed by atoms with E-state index in [-0.39, 0.29) is 5.91 Å². The lowest BCUT2D eigenvalue weighted by atomic mass is 10.2. The van der Waals surface area contributed by atoms with Crippen LogP contribution in [0.1, 0.15) is 16.3 Å². The van der Waals surface area contributed by atoms with Crippen molar-refractivity contribution in [2.45, 2.75) is 6.92 Å². The van der Waals surface area contributed by atoms with Gasteiger partial charge in [-0.3, -0.25) is 4.79 Å². The number of anilines is 1. The van der Waals surface area contributed by atoms with Gasteiger partial charge in [-0.1, -0.05) is 0 Å². The van der Waals surface area contributed by atoms with Crippen LogP contribution in [0.3, 0.4) is 0 Å². The number of carbonyl (C=O) groups excluding carboxylic acids is 1. The van der Waals surface area contributed by atoms with Gasteiger partial charge >= 0.3 is 0 Å². The molecule has 0 unspecified atom stereocenters. The Balaban J connectivity index is 1.97. The molecule has 0 radical (unpaired) electrons. The van der Waals surface area contributed by atoms with Gasteiger partial charge in [0.25, 0.3) is 0 Å². The molecule has 0 atom stereocenters. The molecule has 94 valence electrons. The summed E-state index contributed by atoms with van der Waals surface area (Å²) in [6, 6.07) is 8.72. The molecule has 0 aliphatic carbocycles. The molecule has 0 aliphatic heterocycles. The van der Waals surface area contributed by atoms with Gasteiger partial charge in [-0.25, -0.2) is 4.98 Å². The highest BCUT2D eigenvalue weighted by Crippen LogP contribution is 2.11. The Kier molecular flexibility index (Phi) is 4.06. The van der Waals surface area contributed by atoms with Gasteiger partial charge in [0, 0.05) is 17.1 Å². The van der Waals surface area contributed by atoms with E-state index >= 15 is 0 Å². The number of carbonyl (C=O) groups is 1. The number of amides is 1. The SMILES string of the molecule is Cc1nc(/C=C/C(=O)Nc2ccc(C#N)cc2)cs1. The molecule has 0 bridgehead atoms. The number of benzene rings is 1. The molecule has 0 saturated heterocycles. The van der Waals surface area contributed by atoms with Crippen LogP contribution in [0.2, 0.25) is 0 Å². The van der Waals surface area contributed by atoms with E-state index in [9.17, 15) is 4.79 Å². The van der Waals surface area contributed by atoms with Gasteiger partial charge in [0.1, 0.15) is 0 Å². The van der Waals surface area contributed by atoms with Crippen molar-refractivity contribution in [3.8, 4) is 6.07 Å². The van der Waals surface area contributed by atoms with Crippen LogP contribution in [0.4, 0.5) is 5.69 Å². The molecule has 2 rings (SSSR count). The third kappa shape index (κ3) is 3.76. The first-order chi connectivity index (χ1) is 9.17. The van der Waals surface area contributed by atoms with Gasteiger partial charge < -0.3 is 5.32 Å². The molecule has 1 aromatic carbocycles. The first kappa shape index (κ1) is 13.0. The molecule has 2 aromatic rings. The van der Waals surface area contributed by atoms with Crippen molar-refractivity contribution in [1.82, 2.24) is 4.98 Å². The summed E-state index contributed by atoms with van der Waals surface area (Å²) in [6.45, 7) is 1.92. The van der Waals surface area contributed by atoms with Crippen LogP contribution in [0.25, 0.3) is 6.08 Å². The van der Waals surface area contributed by atoms with Crippen molar-refractivity contribution in [2.75, 3.05) is 5.32 Å². The second-order valence-corrected chi connectivity index (χ2v) is 4.87. The van der Waals surface area contributed by atoms with Crippen molar-refractivity contribution in [3.05, 3.63) is 52.0 Å². The Labute approximate surface area is 115 Å². The molecule has 19 heavy (non-hydrogen) atoms. The van der Waals surface area contributed by atoms with E-state index in [1.54, 1.807) is 30.3 Å². The Morgan fingerprint density at radius 3 is 2.74 bits per heavy atom. The first-order valence-corrected chi connectivity index (χ1v) is 6.47. The minimum atomic E-state index is -0.227. The first-order valence-electron chi connectivity index (χ1n) is 5.59. The quantitative estimate of drug-likeness (QED) is 0.871. The van der Waals surface area contributed by atoms with Gasteiger partial charge in [0.05, 0.1) is 22.3 Å². The van der Waals surface area contributed by atoms with E-state index < -0.39 is 0 Å². The Morgan fingerprint density at radius 2 is 2.16 bits per heavy atom. The molecule has 0 spiro atoms. The van der Waals surface area contributed by atoms with Crippen molar-refractivity contribution in [2.24, 2.45) is 0 Å². The number of nitrogens with zero attached hydrogens (tertiary/aromatic N) is 2. The maximum absolute atomic E-state index is 11.7. The lowest BCUT2D eigenvalue weighted by Crippen LogP contribution is -2.07. The van der Waals surface area contributed by atoms with Crippen LogP contribution < -0.4 is 5.32 Å². The summed E-state index contributed by atoms with van der Waals surface area (Å²) >= 11 is 1.54. The number of hydrogen-bond donors (Lipinski definition) is 1. The monoisotopic (exact) mass is 269 g/mol. The molecule has 1 amide bonds. The van der Waals surface area contributed by atoms with Gasteiger partial charge in [-0.15, -0.1) is 11.3 Å². The molecular formula is C14H11N3OS. The zero-order chi connectivity index (χ0) is 13.7. The number of thiazole rings is 1. The minimum Gasteiger partial charge on any atom is -0.323 e. The van der Waals surface area contributed by atoms with Gasteiger partial charge in [-0.2, -0.15) is 5.26 Å². The van der Waals surface area contributed by atoms with E-state index in [1.807, 2.05) is 18.4 Å². The van der Waals surface area contributed by atoms with Crippen LogP contribution in [0.15, 0.2) is 35.7 Å². The van der Waals surface area contributed by atoms with Crippen molar-refractivity contribution in [3.63, 3.8) is 0 Å². The molecule has 0 saturated carbocycles. The summed E-state index contributed by atoms with van der Waals surface area (Å²) in [5.41, 5.74) is 1.99. The average Bonchev–Trinajstić information content (AvgIpc) is 2.83.